The van der Waals surface area contributed by atoms with E-state index in [2.05, 4.69) is 10.2 Å². The Labute approximate surface area is 96.5 Å². The van der Waals surface area contributed by atoms with Crippen LogP contribution in [0.5, 0.6) is 0 Å². The number of hydrogen-bond donors (Lipinski definition) is 1. The lowest BCUT2D eigenvalue weighted by molar-refractivity contribution is 0.551. The molecule has 0 unspecified atom stereocenters. The number of aromatic nitrogens is 2. The molecule has 1 aromatic heterocycles. The Morgan fingerprint density at radius 2 is 1.88 bits per heavy atom. The van der Waals surface area contributed by atoms with Crippen LogP contribution < -0.4 is 0 Å². The molecular formula is C10H8F2N2O2S. The van der Waals surface area contributed by atoms with Crippen molar-refractivity contribution in [2.45, 2.75) is 5.75 Å². The van der Waals surface area contributed by atoms with Crippen molar-refractivity contribution >= 4 is 10.2 Å². The Hall–Kier alpha value is -1.76. The highest BCUT2D eigenvalue weighted by Gasteiger charge is 2.15. The molecule has 0 aliphatic carbocycles. The van der Waals surface area contributed by atoms with E-state index in [0.717, 1.165) is 0 Å². The number of aromatic amines is 1. The van der Waals surface area contributed by atoms with Crippen LogP contribution in [0.2, 0.25) is 0 Å². The first-order chi connectivity index (χ1) is 7.96. The van der Waals surface area contributed by atoms with Gasteiger partial charge in [-0.1, -0.05) is 0 Å². The Morgan fingerprint density at radius 1 is 1.24 bits per heavy atom. The van der Waals surface area contributed by atoms with Crippen molar-refractivity contribution in [2.75, 3.05) is 0 Å². The maximum atomic E-state index is 12.7. The van der Waals surface area contributed by atoms with E-state index in [1.807, 2.05) is 0 Å². The summed E-state index contributed by atoms with van der Waals surface area (Å²) >= 11 is 0. The molecule has 1 N–H and O–H groups in total. The summed E-state index contributed by atoms with van der Waals surface area (Å²) < 4.78 is 46.4. The first-order valence-electron chi connectivity index (χ1n) is 4.66. The topological polar surface area (TPSA) is 62.8 Å². The molecule has 2 aromatic rings. The molecule has 0 fully saturated rings. The number of benzene rings is 1. The highest BCUT2D eigenvalue weighted by Crippen LogP contribution is 2.23. The number of hydrogen-bond acceptors (Lipinski definition) is 3. The van der Waals surface area contributed by atoms with Gasteiger partial charge in [-0.15, -0.1) is 3.89 Å². The average Bonchev–Trinajstić information content (AvgIpc) is 2.64. The van der Waals surface area contributed by atoms with Crippen molar-refractivity contribution in [3.8, 4) is 11.3 Å². The Kier molecular flexibility index (Phi) is 2.93. The zero-order chi connectivity index (χ0) is 12.5. The average molecular weight is 258 g/mol. The van der Waals surface area contributed by atoms with Gasteiger partial charge in [0.2, 0.25) is 0 Å². The minimum Gasteiger partial charge on any atom is -0.278 e. The SMILES string of the molecule is O=S(=O)(F)Cc1cn[nH]c1-c1ccc(F)cc1. The number of rotatable bonds is 3. The predicted molar refractivity (Wildman–Crippen MR) is 57.7 cm³/mol. The fraction of sp³-hybridized carbons (Fsp3) is 0.100. The minimum absolute atomic E-state index is 0.208. The highest BCUT2D eigenvalue weighted by molar-refractivity contribution is 7.85. The third-order valence-electron chi connectivity index (χ3n) is 2.18. The molecule has 0 aliphatic rings. The minimum atomic E-state index is -4.62. The van der Waals surface area contributed by atoms with E-state index in [1.165, 1.54) is 30.5 Å². The molecule has 0 spiro atoms. The smallest absolute Gasteiger partial charge is 0.278 e. The van der Waals surface area contributed by atoms with E-state index < -0.39 is 21.8 Å². The first-order valence-corrected chi connectivity index (χ1v) is 6.21. The number of H-pyrrole nitrogens is 1. The van der Waals surface area contributed by atoms with Crippen molar-refractivity contribution < 1.29 is 16.7 Å². The molecule has 2 rings (SSSR count). The van der Waals surface area contributed by atoms with E-state index in [-0.39, 0.29) is 5.56 Å². The van der Waals surface area contributed by atoms with Gasteiger partial charge in [0.05, 0.1) is 11.9 Å². The van der Waals surface area contributed by atoms with E-state index in [0.29, 0.717) is 11.3 Å². The molecule has 1 heterocycles. The lowest BCUT2D eigenvalue weighted by Gasteiger charge is -2.01. The molecule has 4 nitrogen and oxygen atoms in total. The van der Waals surface area contributed by atoms with Crippen LogP contribution in [0, 0.1) is 5.82 Å². The van der Waals surface area contributed by atoms with E-state index in [1.54, 1.807) is 0 Å². The Balaban J connectivity index is 2.40. The number of nitrogens with zero attached hydrogens (tertiary/aromatic N) is 1. The van der Waals surface area contributed by atoms with Crippen LogP contribution in [0.4, 0.5) is 8.28 Å². The number of nitrogens with one attached hydrogen (secondary N) is 1. The molecule has 17 heavy (non-hydrogen) atoms. The molecule has 0 atom stereocenters. The summed E-state index contributed by atoms with van der Waals surface area (Å²) in [4.78, 5) is 0. The van der Waals surface area contributed by atoms with Gasteiger partial charge >= 0.3 is 10.2 Å². The second kappa shape index (κ2) is 4.25. The molecule has 7 heteroatoms. The van der Waals surface area contributed by atoms with Crippen molar-refractivity contribution in [3.63, 3.8) is 0 Å². The third-order valence-corrected chi connectivity index (χ3v) is 2.83. The largest absolute Gasteiger partial charge is 0.306 e. The van der Waals surface area contributed by atoms with Crippen LogP contribution in [-0.2, 0) is 16.0 Å². The predicted octanol–water partition coefficient (Wildman–Crippen LogP) is 2.02. The molecule has 1 aromatic carbocycles. The highest BCUT2D eigenvalue weighted by atomic mass is 32.3. The van der Waals surface area contributed by atoms with Crippen molar-refractivity contribution in [1.29, 1.82) is 0 Å². The van der Waals surface area contributed by atoms with Crippen molar-refractivity contribution in [3.05, 3.63) is 41.8 Å². The summed E-state index contributed by atoms with van der Waals surface area (Å²) in [6, 6.07) is 5.36. The Bertz CT molecular complexity index is 620. The van der Waals surface area contributed by atoms with Crippen LogP contribution in [0.3, 0.4) is 0 Å². The molecule has 90 valence electrons. The summed E-state index contributed by atoms with van der Waals surface area (Å²) in [6.07, 6.45) is 1.23. The van der Waals surface area contributed by atoms with Gasteiger partial charge < -0.3 is 0 Å². The zero-order valence-corrected chi connectivity index (χ0v) is 9.34. The van der Waals surface area contributed by atoms with Gasteiger partial charge in [-0.05, 0) is 24.3 Å². The van der Waals surface area contributed by atoms with E-state index in [4.69, 9.17) is 0 Å². The lowest BCUT2D eigenvalue weighted by Crippen LogP contribution is -1.96. The van der Waals surface area contributed by atoms with Gasteiger partial charge in [-0.2, -0.15) is 13.5 Å². The molecular weight excluding hydrogens is 250 g/mol. The van der Waals surface area contributed by atoms with Gasteiger partial charge in [-0.3, -0.25) is 5.10 Å². The van der Waals surface area contributed by atoms with E-state index >= 15 is 0 Å². The summed E-state index contributed by atoms with van der Waals surface area (Å²) in [5.41, 5.74) is 1.12. The summed E-state index contributed by atoms with van der Waals surface area (Å²) in [6.45, 7) is 0. The standard InChI is InChI=1S/C10H8F2N2O2S/c11-9-3-1-7(2-4-9)10-8(5-13-14-10)6-17(12,15)16/h1-5H,6H2,(H,13,14). The number of halogens is 2. The molecule has 0 saturated carbocycles. The van der Waals surface area contributed by atoms with E-state index in [9.17, 15) is 16.7 Å². The van der Waals surface area contributed by atoms with Crippen LogP contribution in [0.25, 0.3) is 11.3 Å². The maximum Gasteiger partial charge on any atom is 0.306 e. The molecule has 0 radical (unpaired) electrons. The van der Waals surface area contributed by atoms with Crippen molar-refractivity contribution in [2.24, 2.45) is 0 Å². The second-order valence-electron chi connectivity index (χ2n) is 3.46. The zero-order valence-electron chi connectivity index (χ0n) is 8.52. The Morgan fingerprint density at radius 3 is 2.47 bits per heavy atom. The lowest BCUT2D eigenvalue weighted by atomic mass is 10.1. The van der Waals surface area contributed by atoms with Gasteiger partial charge in [0, 0.05) is 11.1 Å². The summed E-state index contributed by atoms with van der Waals surface area (Å²) in [5, 5.41) is 6.22. The summed E-state index contributed by atoms with van der Waals surface area (Å²) in [7, 11) is -4.62. The molecule has 0 bridgehead atoms. The van der Waals surface area contributed by atoms with Gasteiger partial charge in [0.1, 0.15) is 11.6 Å². The van der Waals surface area contributed by atoms with Crippen LogP contribution in [0.15, 0.2) is 30.5 Å². The summed E-state index contributed by atoms with van der Waals surface area (Å²) in [5.74, 6) is -1.16. The fourth-order valence-electron chi connectivity index (χ4n) is 1.47. The molecule has 0 amide bonds. The third kappa shape index (κ3) is 2.88. The fourth-order valence-corrected chi connectivity index (χ4v) is 2.06. The van der Waals surface area contributed by atoms with Gasteiger partial charge in [0.25, 0.3) is 0 Å². The monoisotopic (exact) mass is 258 g/mol. The van der Waals surface area contributed by atoms with Crippen LogP contribution >= 0.6 is 0 Å². The normalized spacial score (nSPS) is 11.6. The molecule has 0 saturated heterocycles. The maximum absolute atomic E-state index is 12.7. The van der Waals surface area contributed by atoms with Crippen molar-refractivity contribution in [1.82, 2.24) is 10.2 Å². The molecule has 0 aliphatic heterocycles. The van der Waals surface area contributed by atoms with Gasteiger partial charge in [-0.25, -0.2) is 4.39 Å². The van der Waals surface area contributed by atoms with Crippen LogP contribution in [0.1, 0.15) is 5.56 Å². The van der Waals surface area contributed by atoms with Gasteiger partial charge in [0.15, 0.2) is 0 Å². The second-order valence-corrected chi connectivity index (χ2v) is 4.83. The van der Waals surface area contributed by atoms with Crippen LogP contribution in [-0.4, -0.2) is 18.6 Å². The quantitative estimate of drug-likeness (QED) is 0.856. The first kappa shape index (κ1) is 11.7.